The molecule has 1 N–H and O–H groups in total. The van der Waals surface area contributed by atoms with Crippen LogP contribution in [0.4, 0.5) is 10.3 Å². The van der Waals surface area contributed by atoms with Crippen LogP contribution in [0, 0.1) is 5.82 Å². The summed E-state index contributed by atoms with van der Waals surface area (Å²) in [7, 11) is 1.44. The van der Waals surface area contributed by atoms with Gasteiger partial charge >= 0.3 is 0 Å². The lowest BCUT2D eigenvalue weighted by Crippen LogP contribution is -2.18. The van der Waals surface area contributed by atoms with Crippen molar-refractivity contribution < 1.29 is 13.9 Å². The number of benzene rings is 1. The molecule has 0 bridgehead atoms. The highest BCUT2D eigenvalue weighted by Crippen LogP contribution is 2.31. The van der Waals surface area contributed by atoms with E-state index in [1.165, 1.54) is 19.2 Å². The number of carbonyl (C=O) groups excluding carboxylic acids is 1. The first-order chi connectivity index (χ1) is 13.0. The van der Waals surface area contributed by atoms with Crippen LogP contribution in [-0.4, -0.2) is 39.4 Å². The zero-order chi connectivity index (χ0) is 19.4. The predicted molar refractivity (Wildman–Crippen MR) is 99.5 cm³/mol. The van der Waals surface area contributed by atoms with E-state index in [-0.39, 0.29) is 30.3 Å². The van der Waals surface area contributed by atoms with E-state index in [0.717, 1.165) is 11.1 Å². The van der Waals surface area contributed by atoms with Gasteiger partial charge in [0.15, 0.2) is 0 Å². The number of carbonyl (C=O) groups is 1. The molecule has 3 rings (SSSR count). The zero-order valence-corrected chi connectivity index (χ0v) is 15.3. The summed E-state index contributed by atoms with van der Waals surface area (Å²) in [6, 6.07) is 8.01. The number of nitrogens with one attached hydrogen (secondary N) is 1. The van der Waals surface area contributed by atoms with Crippen LogP contribution in [0.2, 0.25) is 0 Å². The van der Waals surface area contributed by atoms with Crippen molar-refractivity contribution in [3.05, 3.63) is 48.5 Å². The van der Waals surface area contributed by atoms with Gasteiger partial charge in [-0.15, -0.1) is 0 Å². The minimum atomic E-state index is -0.341. The van der Waals surface area contributed by atoms with Gasteiger partial charge in [0.2, 0.25) is 5.95 Å². The molecule has 0 aliphatic carbocycles. The summed E-state index contributed by atoms with van der Waals surface area (Å²) >= 11 is 0. The molecule has 0 radical (unpaired) electrons. The van der Waals surface area contributed by atoms with Crippen LogP contribution < -0.4 is 5.32 Å². The fourth-order valence-electron chi connectivity index (χ4n) is 2.53. The Morgan fingerprint density at radius 2 is 2.00 bits per heavy atom. The van der Waals surface area contributed by atoms with Crippen LogP contribution in [0.3, 0.4) is 0 Å². The van der Waals surface area contributed by atoms with Crippen LogP contribution in [0.15, 0.2) is 42.7 Å². The zero-order valence-electron chi connectivity index (χ0n) is 15.3. The molecule has 0 spiro atoms. The van der Waals surface area contributed by atoms with Crippen LogP contribution >= 0.6 is 0 Å². The fourth-order valence-corrected chi connectivity index (χ4v) is 2.53. The van der Waals surface area contributed by atoms with E-state index in [1.54, 1.807) is 24.4 Å². The van der Waals surface area contributed by atoms with Crippen molar-refractivity contribution in [2.24, 2.45) is 0 Å². The van der Waals surface area contributed by atoms with Crippen LogP contribution in [0.1, 0.15) is 19.9 Å². The SMILES string of the molecule is COCC(=O)Nc1nccc(-c2cn(C(C)C)nc2-c2ccc(F)cc2)n1. The number of halogens is 1. The molecule has 1 aromatic carbocycles. The number of anilines is 1. The second-order valence-corrected chi connectivity index (χ2v) is 6.22. The molecule has 0 unspecified atom stereocenters. The molecule has 0 aliphatic heterocycles. The Labute approximate surface area is 156 Å². The molecule has 7 nitrogen and oxygen atoms in total. The smallest absolute Gasteiger partial charge is 0.252 e. The summed E-state index contributed by atoms with van der Waals surface area (Å²) in [4.78, 5) is 20.2. The lowest BCUT2D eigenvalue weighted by atomic mass is 10.1. The van der Waals surface area contributed by atoms with Crippen molar-refractivity contribution in [3.8, 4) is 22.5 Å². The number of amides is 1. The first-order valence-corrected chi connectivity index (χ1v) is 8.45. The minimum Gasteiger partial charge on any atom is -0.375 e. The molecule has 3 aromatic rings. The molecule has 8 heteroatoms. The third-order valence-corrected chi connectivity index (χ3v) is 3.84. The highest BCUT2D eigenvalue weighted by atomic mass is 19.1. The van der Waals surface area contributed by atoms with Gasteiger partial charge in [-0.2, -0.15) is 5.10 Å². The molecule has 1 amide bonds. The van der Waals surface area contributed by atoms with Crippen molar-refractivity contribution >= 4 is 11.9 Å². The van der Waals surface area contributed by atoms with E-state index >= 15 is 0 Å². The summed E-state index contributed by atoms with van der Waals surface area (Å²) < 4.78 is 19.9. The second kappa shape index (κ2) is 8.05. The largest absolute Gasteiger partial charge is 0.375 e. The second-order valence-electron chi connectivity index (χ2n) is 6.22. The predicted octanol–water partition coefficient (Wildman–Crippen LogP) is 3.31. The Morgan fingerprint density at radius 1 is 1.26 bits per heavy atom. The Bertz CT molecular complexity index is 938. The first-order valence-electron chi connectivity index (χ1n) is 8.45. The first kappa shape index (κ1) is 18.7. The Kier molecular flexibility index (Phi) is 5.56. The topological polar surface area (TPSA) is 81.9 Å². The molecule has 2 aromatic heterocycles. The molecule has 2 heterocycles. The molecular formula is C19H20FN5O2. The fraction of sp³-hybridized carbons (Fsp3) is 0.263. The van der Waals surface area contributed by atoms with Crippen LogP contribution in [0.25, 0.3) is 22.5 Å². The Balaban J connectivity index is 2.03. The minimum absolute atomic E-state index is 0.0836. The highest BCUT2D eigenvalue weighted by molar-refractivity contribution is 5.90. The highest BCUT2D eigenvalue weighted by Gasteiger charge is 2.17. The van der Waals surface area contributed by atoms with Crippen molar-refractivity contribution in [2.45, 2.75) is 19.9 Å². The van der Waals surface area contributed by atoms with Gasteiger partial charge in [-0.1, -0.05) is 0 Å². The van der Waals surface area contributed by atoms with Gasteiger partial charge in [0.05, 0.1) is 5.69 Å². The van der Waals surface area contributed by atoms with Gasteiger partial charge in [-0.3, -0.25) is 14.8 Å². The average molecular weight is 369 g/mol. The maximum Gasteiger partial charge on any atom is 0.252 e. The maximum absolute atomic E-state index is 13.3. The number of hydrogen-bond acceptors (Lipinski definition) is 5. The quantitative estimate of drug-likeness (QED) is 0.721. The normalized spacial score (nSPS) is 11.0. The molecule has 0 aliphatic rings. The molecule has 140 valence electrons. The molecule has 0 saturated heterocycles. The van der Waals surface area contributed by atoms with Crippen molar-refractivity contribution in [3.63, 3.8) is 0 Å². The van der Waals surface area contributed by atoms with E-state index in [9.17, 15) is 9.18 Å². The third-order valence-electron chi connectivity index (χ3n) is 3.84. The van der Waals surface area contributed by atoms with Crippen molar-refractivity contribution in [2.75, 3.05) is 19.0 Å². The summed E-state index contributed by atoms with van der Waals surface area (Å²) in [6.45, 7) is 3.95. The van der Waals surface area contributed by atoms with Gasteiger partial charge in [0, 0.05) is 36.7 Å². The van der Waals surface area contributed by atoms with E-state index in [2.05, 4.69) is 20.4 Å². The van der Waals surface area contributed by atoms with Crippen LogP contribution in [-0.2, 0) is 9.53 Å². The number of rotatable bonds is 6. The van der Waals surface area contributed by atoms with Crippen molar-refractivity contribution in [1.82, 2.24) is 19.7 Å². The Hall–Kier alpha value is -3.13. The van der Waals surface area contributed by atoms with Gasteiger partial charge < -0.3 is 4.74 Å². The molecular weight excluding hydrogens is 349 g/mol. The monoisotopic (exact) mass is 369 g/mol. The summed E-state index contributed by atoms with van der Waals surface area (Å²) in [5.74, 6) is -0.475. The summed E-state index contributed by atoms with van der Waals surface area (Å²) in [5, 5.41) is 7.22. The lowest BCUT2D eigenvalue weighted by Gasteiger charge is -2.06. The number of aromatic nitrogens is 4. The summed E-state index contributed by atoms with van der Waals surface area (Å²) in [5.41, 5.74) is 2.81. The van der Waals surface area contributed by atoms with E-state index in [1.807, 2.05) is 24.7 Å². The molecule has 0 saturated carbocycles. The maximum atomic E-state index is 13.3. The number of methoxy groups -OCH3 is 1. The third kappa shape index (κ3) is 4.35. The Morgan fingerprint density at radius 3 is 2.67 bits per heavy atom. The van der Waals surface area contributed by atoms with Gasteiger partial charge in [-0.05, 0) is 44.2 Å². The van der Waals surface area contributed by atoms with E-state index < -0.39 is 0 Å². The van der Waals surface area contributed by atoms with Gasteiger partial charge in [0.1, 0.15) is 18.1 Å². The average Bonchev–Trinajstić information content (AvgIpc) is 3.08. The number of ether oxygens (including phenoxy) is 1. The number of nitrogens with zero attached hydrogens (tertiary/aromatic N) is 4. The van der Waals surface area contributed by atoms with Gasteiger partial charge in [0.25, 0.3) is 5.91 Å². The molecule has 0 atom stereocenters. The van der Waals surface area contributed by atoms with E-state index in [0.29, 0.717) is 11.4 Å². The van der Waals surface area contributed by atoms with Gasteiger partial charge in [-0.25, -0.2) is 14.4 Å². The standard InChI is InChI=1S/C19H20FN5O2/c1-12(2)25-10-15(18(24-25)13-4-6-14(20)7-5-13)16-8-9-21-19(22-16)23-17(26)11-27-3/h4-10,12H,11H2,1-3H3,(H,21,22,23,26). The lowest BCUT2D eigenvalue weighted by molar-refractivity contribution is -0.119. The molecule has 27 heavy (non-hydrogen) atoms. The molecule has 0 fully saturated rings. The van der Waals surface area contributed by atoms with Crippen LogP contribution in [0.5, 0.6) is 0 Å². The number of hydrogen-bond donors (Lipinski definition) is 1. The van der Waals surface area contributed by atoms with E-state index in [4.69, 9.17) is 4.74 Å². The summed E-state index contributed by atoms with van der Waals surface area (Å²) in [6.07, 6.45) is 3.44. The van der Waals surface area contributed by atoms with Crippen molar-refractivity contribution in [1.29, 1.82) is 0 Å².